The molecule has 1 aliphatic carbocycles. The van der Waals surface area contributed by atoms with Crippen molar-refractivity contribution in [1.29, 1.82) is 0 Å². The van der Waals surface area contributed by atoms with Crippen molar-refractivity contribution in [2.45, 2.75) is 30.2 Å². The summed E-state index contributed by atoms with van der Waals surface area (Å²) in [6.45, 7) is -0.149. The van der Waals surface area contributed by atoms with Gasteiger partial charge in [-0.15, -0.1) is 0 Å². The summed E-state index contributed by atoms with van der Waals surface area (Å²) >= 11 is 0. The van der Waals surface area contributed by atoms with Crippen LogP contribution in [0.1, 0.15) is 40.4 Å². The predicted octanol–water partition coefficient (Wildman–Crippen LogP) is 3.42. The molecule has 3 N–H and O–H groups in total. The number of ether oxygens (including phenoxy) is 1. The largest absolute Gasteiger partial charge is 0.497 e. The van der Waals surface area contributed by atoms with Crippen LogP contribution in [0.15, 0.2) is 77.7 Å². The Morgan fingerprint density at radius 2 is 1.69 bits per heavy atom. The van der Waals surface area contributed by atoms with E-state index in [1.807, 2.05) is 18.2 Å². The highest BCUT2D eigenvalue weighted by Gasteiger charge is 2.21. The molecule has 3 aromatic carbocycles. The molecule has 182 valence electrons. The van der Waals surface area contributed by atoms with Gasteiger partial charge in [0.1, 0.15) is 5.75 Å². The van der Waals surface area contributed by atoms with Crippen LogP contribution in [0.4, 0.5) is 5.69 Å². The first-order chi connectivity index (χ1) is 16.9. The van der Waals surface area contributed by atoms with Crippen molar-refractivity contribution < 1.29 is 22.7 Å². The molecule has 8 nitrogen and oxygen atoms in total. The molecule has 0 aliphatic heterocycles. The van der Waals surface area contributed by atoms with Crippen LogP contribution in [0.3, 0.4) is 0 Å². The number of anilines is 1. The molecule has 0 saturated heterocycles. The SMILES string of the molecule is COc1ccc(S(=O)(=O)Nc2ccc(C(=O)NCC(=O)N[C@@H]3CCCc4ccccc43)cc2)cc1. The van der Waals surface area contributed by atoms with Crippen LogP contribution in [0, 0.1) is 0 Å². The van der Waals surface area contributed by atoms with Crippen molar-refractivity contribution >= 4 is 27.5 Å². The number of fused-ring (bicyclic) bond motifs is 1. The monoisotopic (exact) mass is 493 g/mol. The average Bonchev–Trinajstić information content (AvgIpc) is 2.88. The highest BCUT2D eigenvalue weighted by molar-refractivity contribution is 7.92. The van der Waals surface area contributed by atoms with Crippen molar-refractivity contribution in [2.24, 2.45) is 0 Å². The quantitative estimate of drug-likeness (QED) is 0.445. The third-order valence-electron chi connectivity index (χ3n) is 5.88. The Kier molecular flexibility index (Phi) is 7.36. The summed E-state index contributed by atoms with van der Waals surface area (Å²) in [6, 6.07) is 20.0. The van der Waals surface area contributed by atoms with Crippen LogP contribution < -0.4 is 20.1 Å². The number of rotatable bonds is 8. The number of carbonyl (C=O) groups excluding carboxylic acids is 2. The van der Waals surface area contributed by atoms with E-state index in [9.17, 15) is 18.0 Å². The standard InChI is InChI=1S/C26H27N3O5S/c1-34-21-13-15-22(16-14-21)35(32,33)29-20-11-9-19(10-12-20)26(31)27-17-25(30)28-24-8-4-6-18-5-2-3-7-23(18)24/h2-3,5,7,9-16,24,29H,4,6,8,17H2,1H3,(H,27,31)(H,28,30)/t24-/m1/s1. The van der Waals surface area contributed by atoms with Gasteiger partial charge >= 0.3 is 0 Å². The molecule has 0 heterocycles. The Morgan fingerprint density at radius 1 is 0.971 bits per heavy atom. The van der Waals surface area contributed by atoms with Crippen LogP contribution in [0.5, 0.6) is 5.75 Å². The topological polar surface area (TPSA) is 114 Å². The van der Waals surface area contributed by atoms with Crippen molar-refractivity contribution in [3.8, 4) is 5.75 Å². The maximum absolute atomic E-state index is 12.6. The third-order valence-corrected chi connectivity index (χ3v) is 7.28. The molecule has 0 unspecified atom stereocenters. The lowest BCUT2D eigenvalue weighted by Crippen LogP contribution is -2.39. The minimum Gasteiger partial charge on any atom is -0.497 e. The van der Waals surface area contributed by atoms with Gasteiger partial charge in [-0.2, -0.15) is 0 Å². The first-order valence-electron chi connectivity index (χ1n) is 11.3. The summed E-state index contributed by atoms with van der Waals surface area (Å²) in [5.74, 6) is -0.130. The second-order valence-electron chi connectivity index (χ2n) is 8.25. The van der Waals surface area contributed by atoms with Gasteiger partial charge in [0.25, 0.3) is 15.9 Å². The van der Waals surface area contributed by atoms with Crippen molar-refractivity contribution in [1.82, 2.24) is 10.6 Å². The molecule has 0 bridgehead atoms. The third kappa shape index (κ3) is 5.99. The molecule has 35 heavy (non-hydrogen) atoms. The number of methoxy groups -OCH3 is 1. The molecule has 0 spiro atoms. The minimum absolute atomic E-state index is 0.0534. The van der Waals surface area contributed by atoms with Crippen LogP contribution in [0.25, 0.3) is 0 Å². The number of hydrogen-bond acceptors (Lipinski definition) is 5. The lowest BCUT2D eigenvalue weighted by molar-refractivity contribution is -0.121. The molecule has 0 aromatic heterocycles. The van der Waals surface area contributed by atoms with Crippen LogP contribution >= 0.6 is 0 Å². The summed E-state index contributed by atoms with van der Waals surface area (Å²) in [7, 11) is -2.29. The van der Waals surface area contributed by atoms with Gasteiger partial charge in [-0.25, -0.2) is 8.42 Å². The molecule has 0 radical (unpaired) electrons. The van der Waals surface area contributed by atoms with Gasteiger partial charge in [-0.05, 0) is 78.9 Å². The van der Waals surface area contributed by atoms with Crippen molar-refractivity contribution in [3.05, 3.63) is 89.5 Å². The van der Waals surface area contributed by atoms with Crippen LogP contribution in [-0.2, 0) is 21.2 Å². The van der Waals surface area contributed by atoms with Gasteiger partial charge in [0.2, 0.25) is 5.91 Å². The summed E-state index contributed by atoms with van der Waals surface area (Å²) in [5.41, 5.74) is 3.00. The van der Waals surface area contributed by atoms with Gasteiger partial charge in [0.05, 0.1) is 24.6 Å². The Balaban J connectivity index is 1.31. The number of aryl methyl sites for hydroxylation is 1. The number of hydrogen-bond donors (Lipinski definition) is 3. The fraction of sp³-hybridized carbons (Fsp3) is 0.231. The van der Waals surface area contributed by atoms with E-state index in [0.29, 0.717) is 17.0 Å². The minimum atomic E-state index is -3.79. The zero-order valence-electron chi connectivity index (χ0n) is 19.3. The molecule has 0 saturated carbocycles. The van der Waals surface area contributed by atoms with Gasteiger partial charge in [-0.3, -0.25) is 14.3 Å². The zero-order chi connectivity index (χ0) is 24.8. The number of sulfonamides is 1. The Hall–Kier alpha value is -3.85. The molecule has 3 aromatic rings. The fourth-order valence-corrected chi connectivity index (χ4v) is 5.13. The predicted molar refractivity (Wildman–Crippen MR) is 133 cm³/mol. The molecule has 4 rings (SSSR count). The fourth-order valence-electron chi connectivity index (χ4n) is 4.07. The summed E-state index contributed by atoms with van der Waals surface area (Å²) in [5, 5.41) is 5.62. The smallest absolute Gasteiger partial charge is 0.261 e. The number of nitrogens with one attached hydrogen (secondary N) is 3. The normalized spacial score (nSPS) is 14.9. The molecule has 0 fully saturated rings. The van der Waals surface area contributed by atoms with Gasteiger partial charge in [0.15, 0.2) is 0 Å². The Labute approximate surface area is 204 Å². The summed E-state index contributed by atoms with van der Waals surface area (Å²) in [4.78, 5) is 25.0. The zero-order valence-corrected chi connectivity index (χ0v) is 20.1. The highest BCUT2D eigenvalue weighted by atomic mass is 32.2. The van der Waals surface area contributed by atoms with Gasteiger partial charge in [-0.1, -0.05) is 24.3 Å². The highest BCUT2D eigenvalue weighted by Crippen LogP contribution is 2.29. The number of carbonyl (C=O) groups is 2. The van der Waals surface area contributed by atoms with E-state index in [1.165, 1.54) is 49.1 Å². The van der Waals surface area contributed by atoms with E-state index in [4.69, 9.17) is 4.74 Å². The Bertz CT molecular complexity index is 1310. The van der Waals surface area contributed by atoms with E-state index in [-0.39, 0.29) is 23.4 Å². The van der Waals surface area contributed by atoms with E-state index in [0.717, 1.165) is 24.8 Å². The van der Waals surface area contributed by atoms with E-state index < -0.39 is 15.9 Å². The molecule has 2 amide bonds. The maximum Gasteiger partial charge on any atom is 0.261 e. The van der Waals surface area contributed by atoms with Crippen molar-refractivity contribution in [3.63, 3.8) is 0 Å². The lowest BCUT2D eigenvalue weighted by Gasteiger charge is -2.26. The van der Waals surface area contributed by atoms with Crippen LogP contribution in [-0.4, -0.2) is 33.9 Å². The Morgan fingerprint density at radius 3 is 2.40 bits per heavy atom. The second-order valence-corrected chi connectivity index (χ2v) is 9.93. The molecule has 9 heteroatoms. The lowest BCUT2D eigenvalue weighted by atomic mass is 9.88. The average molecular weight is 494 g/mol. The van der Waals surface area contributed by atoms with Gasteiger partial charge < -0.3 is 15.4 Å². The van der Waals surface area contributed by atoms with E-state index in [2.05, 4.69) is 21.4 Å². The molecule has 1 aliphatic rings. The second kappa shape index (κ2) is 10.6. The van der Waals surface area contributed by atoms with E-state index >= 15 is 0 Å². The first-order valence-corrected chi connectivity index (χ1v) is 12.8. The number of amides is 2. The maximum atomic E-state index is 12.6. The summed E-state index contributed by atoms with van der Waals surface area (Å²) in [6.07, 6.45) is 2.87. The molecule has 1 atom stereocenters. The summed E-state index contributed by atoms with van der Waals surface area (Å²) < 4.78 is 32.6. The van der Waals surface area contributed by atoms with Gasteiger partial charge in [0, 0.05) is 11.3 Å². The number of benzene rings is 3. The molecular weight excluding hydrogens is 466 g/mol. The molecular formula is C26H27N3O5S. The van der Waals surface area contributed by atoms with E-state index in [1.54, 1.807) is 12.1 Å². The van der Waals surface area contributed by atoms with Crippen LogP contribution in [0.2, 0.25) is 0 Å². The first kappa shape index (κ1) is 24.3. The van der Waals surface area contributed by atoms with Crippen molar-refractivity contribution in [2.75, 3.05) is 18.4 Å².